The molecule has 0 nitrogen and oxygen atoms in total. The summed E-state index contributed by atoms with van der Waals surface area (Å²) in [5.41, 5.74) is 0.908. The second kappa shape index (κ2) is 3.32. The first-order valence-corrected chi connectivity index (χ1v) is 5.40. The molecular formula is C10H10FI. The van der Waals surface area contributed by atoms with Crippen LogP contribution in [0.1, 0.15) is 24.3 Å². The zero-order valence-electron chi connectivity index (χ0n) is 6.63. The molecule has 0 unspecified atom stereocenters. The van der Waals surface area contributed by atoms with Crippen LogP contribution in [0.4, 0.5) is 4.39 Å². The predicted molar refractivity (Wildman–Crippen MR) is 56.2 cm³/mol. The molecule has 1 aromatic rings. The van der Waals surface area contributed by atoms with Gasteiger partial charge in [0.25, 0.3) is 0 Å². The van der Waals surface area contributed by atoms with Gasteiger partial charge in [0.1, 0.15) is 5.82 Å². The Morgan fingerprint density at radius 3 is 2.50 bits per heavy atom. The van der Waals surface area contributed by atoms with E-state index in [9.17, 15) is 4.39 Å². The smallest absolute Gasteiger partial charge is 0.126 e. The summed E-state index contributed by atoms with van der Waals surface area (Å²) in [6.07, 6.45) is 2.28. The third kappa shape index (κ3) is 1.49. The van der Waals surface area contributed by atoms with Crippen LogP contribution in [0.2, 0.25) is 0 Å². The van der Waals surface area contributed by atoms with E-state index in [4.69, 9.17) is 0 Å². The van der Waals surface area contributed by atoms with Crippen LogP contribution in [-0.4, -0.2) is 3.92 Å². The maximum Gasteiger partial charge on any atom is 0.126 e. The molecule has 0 bridgehead atoms. The van der Waals surface area contributed by atoms with Crippen molar-refractivity contribution in [3.63, 3.8) is 0 Å². The average Bonchev–Trinajstić information content (AvgIpc) is 2.01. The SMILES string of the molecule is Fc1ccccc1C1CC(I)C1. The molecule has 2 rings (SSSR count). The largest absolute Gasteiger partial charge is 0.207 e. The first-order valence-electron chi connectivity index (χ1n) is 4.16. The van der Waals surface area contributed by atoms with Crippen molar-refractivity contribution in [3.05, 3.63) is 35.6 Å². The van der Waals surface area contributed by atoms with E-state index in [-0.39, 0.29) is 5.82 Å². The minimum absolute atomic E-state index is 0.0363. The van der Waals surface area contributed by atoms with Crippen LogP contribution in [0, 0.1) is 5.82 Å². The van der Waals surface area contributed by atoms with Crippen molar-refractivity contribution in [1.82, 2.24) is 0 Å². The van der Waals surface area contributed by atoms with Crippen molar-refractivity contribution in [1.29, 1.82) is 0 Å². The van der Waals surface area contributed by atoms with Crippen LogP contribution >= 0.6 is 22.6 Å². The summed E-state index contributed by atoms with van der Waals surface area (Å²) in [6, 6.07) is 7.12. The Bertz CT molecular complexity index is 279. The van der Waals surface area contributed by atoms with E-state index < -0.39 is 0 Å². The van der Waals surface area contributed by atoms with Crippen molar-refractivity contribution in [2.75, 3.05) is 0 Å². The first kappa shape index (κ1) is 8.48. The summed E-state index contributed by atoms with van der Waals surface area (Å²) in [7, 11) is 0. The molecule has 12 heavy (non-hydrogen) atoms. The zero-order valence-corrected chi connectivity index (χ0v) is 8.79. The zero-order chi connectivity index (χ0) is 8.55. The van der Waals surface area contributed by atoms with Crippen molar-refractivity contribution in [2.24, 2.45) is 0 Å². The van der Waals surface area contributed by atoms with Crippen molar-refractivity contribution >= 4 is 22.6 Å². The quantitative estimate of drug-likeness (QED) is 0.544. The van der Waals surface area contributed by atoms with Gasteiger partial charge in [-0.05, 0) is 30.4 Å². The lowest BCUT2D eigenvalue weighted by Crippen LogP contribution is -2.22. The average molecular weight is 276 g/mol. The topological polar surface area (TPSA) is 0 Å². The van der Waals surface area contributed by atoms with E-state index in [0.29, 0.717) is 5.92 Å². The maximum atomic E-state index is 13.2. The molecule has 0 amide bonds. The van der Waals surface area contributed by atoms with Gasteiger partial charge >= 0.3 is 0 Å². The van der Waals surface area contributed by atoms with Crippen LogP contribution in [0.15, 0.2) is 24.3 Å². The number of halogens is 2. The Kier molecular flexibility index (Phi) is 2.35. The van der Waals surface area contributed by atoms with Gasteiger partial charge in [0.15, 0.2) is 0 Å². The van der Waals surface area contributed by atoms with Crippen LogP contribution in [0.5, 0.6) is 0 Å². The van der Waals surface area contributed by atoms with Crippen LogP contribution in [0.25, 0.3) is 0 Å². The van der Waals surface area contributed by atoms with Gasteiger partial charge in [-0.2, -0.15) is 0 Å². The maximum absolute atomic E-state index is 13.2. The minimum Gasteiger partial charge on any atom is -0.207 e. The summed E-state index contributed by atoms with van der Waals surface area (Å²) in [5, 5.41) is 0. The predicted octanol–water partition coefficient (Wildman–Crippen LogP) is 3.51. The third-order valence-electron chi connectivity index (χ3n) is 2.43. The number of alkyl halides is 1. The van der Waals surface area contributed by atoms with E-state index in [2.05, 4.69) is 22.6 Å². The Labute approximate surface area is 85.3 Å². The Morgan fingerprint density at radius 1 is 1.25 bits per heavy atom. The molecule has 0 atom stereocenters. The molecule has 64 valence electrons. The third-order valence-corrected chi connectivity index (χ3v) is 3.44. The highest BCUT2D eigenvalue weighted by molar-refractivity contribution is 14.1. The first-order chi connectivity index (χ1) is 5.77. The molecule has 1 aliphatic rings. The highest BCUT2D eigenvalue weighted by Crippen LogP contribution is 2.41. The summed E-state index contributed by atoms with van der Waals surface area (Å²) in [4.78, 5) is 0. The summed E-state index contributed by atoms with van der Waals surface area (Å²) < 4.78 is 13.9. The molecule has 2 heteroatoms. The summed E-state index contributed by atoms with van der Waals surface area (Å²) >= 11 is 2.42. The fourth-order valence-corrected chi connectivity index (χ4v) is 2.84. The Hall–Kier alpha value is -0.120. The fourth-order valence-electron chi connectivity index (χ4n) is 1.61. The van der Waals surface area contributed by atoms with Gasteiger partial charge < -0.3 is 0 Å². The van der Waals surface area contributed by atoms with E-state index in [1.54, 1.807) is 12.1 Å². The molecule has 0 saturated heterocycles. The fraction of sp³-hybridized carbons (Fsp3) is 0.400. The number of benzene rings is 1. The van der Waals surface area contributed by atoms with E-state index in [0.717, 1.165) is 22.3 Å². The van der Waals surface area contributed by atoms with Gasteiger partial charge in [0.05, 0.1) is 0 Å². The monoisotopic (exact) mass is 276 g/mol. The highest BCUT2D eigenvalue weighted by atomic mass is 127. The lowest BCUT2D eigenvalue weighted by Gasteiger charge is -2.31. The second-order valence-electron chi connectivity index (χ2n) is 3.29. The van der Waals surface area contributed by atoms with E-state index in [1.807, 2.05) is 12.1 Å². The number of rotatable bonds is 1. The number of hydrogen-bond donors (Lipinski definition) is 0. The summed E-state index contributed by atoms with van der Waals surface area (Å²) in [6.45, 7) is 0. The van der Waals surface area contributed by atoms with Gasteiger partial charge in [-0.3, -0.25) is 0 Å². The van der Waals surface area contributed by atoms with Gasteiger partial charge in [-0.25, -0.2) is 4.39 Å². The molecule has 0 aliphatic heterocycles. The highest BCUT2D eigenvalue weighted by Gasteiger charge is 2.29. The lowest BCUT2D eigenvalue weighted by atomic mass is 9.80. The Balaban J connectivity index is 2.18. The second-order valence-corrected chi connectivity index (χ2v) is 5.05. The van der Waals surface area contributed by atoms with Crippen LogP contribution in [-0.2, 0) is 0 Å². The molecule has 1 aliphatic carbocycles. The molecule has 0 spiro atoms. The van der Waals surface area contributed by atoms with E-state index in [1.165, 1.54) is 0 Å². The van der Waals surface area contributed by atoms with Crippen molar-refractivity contribution in [3.8, 4) is 0 Å². The van der Waals surface area contributed by atoms with Gasteiger partial charge in [-0.15, -0.1) is 0 Å². The normalized spacial score (nSPS) is 28.2. The molecule has 1 aromatic carbocycles. The van der Waals surface area contributed by atoms with Crippen LogP contribution in [0.3, 0.4) is 0 Å². The molecule has 0 N–H and O–H groups in total. The molecule has 0 radical (unpaired) electrons. The van der Waals surface area contributed by atoms with Crippen molar-refractivity contribution < 1.29 is 4.39 Å². The number of hydrogen-bond acceptors (Lipinski definition) is 0. The van der Waals surface area contributed by atoms with Gasteiger partial charge in [0, 0.05) is 3.92 Å². The molecule has 0 aromatic heterocycles. The van der Waals surface area contributed by atoms with E-state index >= 15 is 0 Å². The minimum atomic E-state index is -0.0363. The summed E-state index contributed by atoms with van der Waals surface area (Å²) in [5.74, 6) is 0.443. The molecular weight excluding hydrogens is 266 g/mol. The lowest BCUT2D eigenvalue weighted by molar-refractivity contribution is 0.431. The molecule has 1 fully saturated rings. The molecule has 0 heterocycles. The van der Waals surface area contributed by atoms with Gasteiger partial charge in [-0.1, -0.05) is 40.8 Å². The van der Waals surface area contributed by atoms with Crippen LogP contribution < -0.4 is 0 Å². The van der Waals surface area contributed by atoms with Gasteiger partial charge in [0.2, 0.25) is 0 Å². The van der Waals surface area contributed by atoms with Crippen molar-refractivity contribution in [2.45, 2.75) is 22.7 Å². The Morgan fingerprint density at radius 2 is 1.92 bits per heavy atom. The molecule has 1 saturated carbocycles. The standard InChI is InChI=1S/C10H10FI/c11-10-4-2-1-3-9(10)7-5-8(12)6-7/h1-4,7-8H,5-6H2.